The van der Waals surface area contributed by atoms with Crippen LogP contribution in [0.4, 0.5) is 16.5 Å². The number of anilines is 3. The lowest BCUT2D eigenvalue weighted by Crippen LogP contribution is -2.39. The Hall–Kier alpha value is -7.36. The summed E-state index contributed by atoms with van der Waals surface area (Å²) in [6.07, 6.45) is 8.58. The Kier molecular flexibility index (Phi) is 15.5. The highest BCUT2D eigenvalue weighted by molar-refractivity contribution is 7.91. The molecule has 0 saturated heterocycles. The molecule has 5 aromatic carbocycles. The molecule has 0 aliphatic carbocycles. The summed E-state index contributed by atoms with van der Waals surface area (Å²) in [6, 6.07) is 18.7. The average Bonchev–Trinajstić information content (AvgIpc) is 1.75. The molecule has 7 aromatic rings. The van der Waals surface area contributed by atoms with Gasteiger partial charge in [-0.15, -0.1) is 10.2 Å². The fourth-order valence-corrected chi connectivity index (χ4v) is 14.8. The lowest BCUT2D eigenvalue weighted by atomic mass is 9.78. The van der Waals surface area contributed by atoms with Gasteiger partial charge in [0.1, 0.15) is 9.79 Å². The highest BCUT2D eigenvalue weighted by Gasteiger charge is 2.45. The maximum Gasteiger partial charge on any atom is 0.295 e. The number of nitrogens with zero attached hydrogens (tertiary/aromatic N) is 5. The van der Waals surface area contributed by atoms with Gasteiger partial charge in [0.25, 0.3) is 62.3 Å². The van der Waals surface area contributed by atoms with Crippen molar-refractivity contribution in [3.8, 4) is 0 Å². The van der Waals surface area contributed by atoms with Crippen molar-refractivity contribution < 1.29 is 69.9 Å². The van der Waals surface area contributed by atoms with Gasteiger partial charge in [0.15, 0.2) is 0 Å². The van der Waals surface area contributed by atoms with Gasteiger partial charge in [-0.05, 0) is 114 Å². The van der Waals surface area contributed by atoms with Gasteiger partial charge >= 0.3 is 0 Å². The minimum absolute atomic E-state index is 0.00277. The molecule has 0 bridgehead atoms. The smallest absolute Gasteiger partial charge is 0.295 e. The number of hydrogen-bond donors (Lipinski definition) is 7. The number of benzene rings is 5. The molecule has 9 rings (SSSR count). The minimum Gasteiger partial charge on any atom is -0.364 e. The van der Waals surface area contributed by atoms with Crippen LogP contribution in [0.15, 0.2) is 145 Å². The van der Waals surface area contributed by atoms with Gasteiger partial charge in [0, 0.05) is 70.1 Å². The van der Waals surface area contributed by atoms with Crippen molar-refractivity contribution in [3.63, 3.8) is 0 Å². The topological polar surface area (TPSA) is 381 Å². The molecule has 0 saturated carbocycles. The van der Waals surface area contributed by atoms with Gasteiger partial charge in [-0.25, -0.2) is 13.6 Å². The first-order valence-corrected chi connectivity index (χ1v) is 33.0. The van der Waals surface area contributed by atoms with Crippen molar-refractivity contribution in [3.05, 3.63) is 155 Å². The van der Waals surface area contributed by atoms with Gasteiger partial charge in [-0.3, -0.25) is 38.1 Å². The summed E-state index contributed by atoms with van der Waals surface area (Å²) in [5.41, 5.74) is 2.62. The molecule has 1 atom stereocenters. The Morgan fingerprint density at radius 3 is 1.75 bits per heavy atom. The summed E-state index contributed by atoms with van der Waals surface area (Å²) in [5.74, 6) is -1.11. The third-order valence-corrected chi connectivity index (χ3v) is 20.1. The van der Waals surface area contributed by atoms with E-state index < -0.39 is 103 Å². The number of pyridine rings is 1. The number of carbonyl (C=O) groups excluding carboxylic acids is 2. The lowest BCUT2D eigenvalue weighted by molar-refractivity contribution is 0.0949. The molecule has 24 nitrogen and oxygen atoms in total. The number of hydrogen-bond acceptors (Lipinski definition) is 18. The van der Waals surface area contributed by atoms with Gasteiger partial charge < -0.3 is 15.1 Å². The van der Waals surface area contributed by atoms with E-state index in [0.717, 1.165) is 12.1 Å². The van der Waals surface area contributed by atoms with E-state index in [1.54, 1.807) is 54.6 Å². The molecule has 2 amide bonds. The Bertz CT molecular complexity index is 4580. The van der Waals surface area contributed by atoms with Gasteiger partial charge in [-0.1, -0.05) is 81.5 Å². The molecule has 30 heteroatoms. The van der Waals surface area contributed by atoms with Gasteiger partial charge in [0.05, 0.1) is 27.1 Å². The molecule has 1 unspecified atom stereocenters. The van der Waals surface area contributed by atoms with Gasteiger partial charge in [-0.2, -0.15) is 33.7 Å². The highest BCUT2D eigenvalue weighted by atomic mass is 32.3. The number of likely N-dealkylation sites (N-methyl/N-ethyl adjacent to an activating group) is 2. The third kappa shape index (κ3) is 11.6. The number of primary sulfonamides is 1. The molecule has 2 aliphatic rings. The Morgan fingerprint density at radius 1 is 0.675 bits per heavy atom. The zero-order valence-corrected chi connectivity index (χ0v) is 49.5. The zero-order chi connectivity index (χ0) is 60.7. The summed E-state index contributed by atoms with van der Waals surface area (Å²) in [7, 11) is -24.1. The number of nitrogens with one attached hydrogen (secondary N) is 2. The van der Waals surface area contributed by atoms with E-state index in [4.69, 9.17) is 10.1 Å². The van der Waals surface area contributed by atoms with E-state index in [0.29, 0.717) is 81.6 Å². The van der Waals surface area contributed by atoms with E-state index in [9.17, 15) is 69.9 Å². The average molecular weight is 1250 g/mol. The first kappa shape index (κ1) is 60.2. The number of amides is 2. The predicted molar refractivity (Wildman–Crippen MR) is 309 cm³/mol. The highest BCUT2D eigenvalue weighted by Crippen LogP contribution is 2.53. The summed E-state index contributed by atoms with van der Waals surface area (Å²) < 4.78 is 164. The van der Waals surface area contributed by atoms with E-state index in [1.807, 2.05) is 57.4 Å². The quantitative estimate of drug-likeness (QED) is 0.0294. The van der Waals surface area contributed by atoms with Crippen LogP contribution in [0.5, 0.6) is 0 Å². The number of fused-ring (bicyclic) bond motifs is 6. The van der Waals surface area contributed by atoms with Crippen molar-refractivity contribution in [1.29, 1.82) is 0 Å². The van der Waals surface area contributed by atoms with Crippen LogP contribution in [0.2, 0.25) is 0 Å². The van der Waals surface area contributed by atoms with Crippen LogP contribution >= 0.6 is 11.3 Å². The maximum atomic E-state index is 13.6. The molecular weight excluding hydrogens is 1200 g/mol. The molecule has 0 radical (unpaired) electrons. The SMILES string of the molecule is CCN1C(=CC=C(/C=C/C2N(CC)c3ccc4c(S(=O)(=O)O)cc(S(=O)(=O)O)cc4c3C2(C)C)c2ccc(C(=O)NCc3ccc(C(=O)Nc4nnc(S(N)(=O)=O)s4)cc3)cn2)C(C)(C)c2c1ccc1c(S(=O)(=O)O)cc(S(=O)(=O)O)cc21. The lowest BCUT2D eigenvalue weighted by Gasteiger charge is -2.32. The second-order valence-electron chi connectivity index (χ2n) is 20.4. The molecule has 4 heterocycles. The number of rotatable bonds is 16. The zero-order valence-electron chi connectivity index (χ0n) is 44.6. The molecular formula is C53H52N8O16S6. The molecule has 2 aliphatic heterocycles. The van der Waals surface area contributed by atoms with E-state index in [2.05, 4.69) is 20.8 Å². The van der Waals surface area contributed by atoms with E-state index in [1.165, 1.54) is 30.5 Å². The fourth-order valence-electron chi connectivity index (χ4n) is 10.8. The van der Waals surface area contributed by atoms with Crippen molar-refractivity contribution in [2.75, 3.05) is 28.2 Å². The van der Waals surface area contributed by atoms with Crippen LogP contribution in [-0.2, 0) is 67.9 Å². The van der Waals surface area contributed by atoms with Crippen molar-refractivity contribution in [1.82, 2.24) is 20.5 Å². The summed E-state index contributed by atoms with van der Waals surface area (Å²) in [4.78, 5) is 32.2. The number of sulfonamides is 1. The normalized spacial score (nSPS) is 16.9. The van der Waals surface area contributed by atoms with Crippen molar-refractivity contribution in [2.45, 2.75) is 88.9 Å². The van der Waals surface area contributed by atoms with Crippen LogP contribution < -0.4 is 25.6 Å². The van der Waals surface area contributed by atoms with Crippen LogP contribution in [0.3, 0.4) is 0 Å². The number of aromatic nitrogens is 3. The first-order valence-electron chi connectivity index (χ1n) is 24.8. The second kappa shape index (κ2) is 21.4. The van der Waals surface area contributed by atoms with E-state index in [-0.39, 0.29) is 44.3 Å². The summed E-state index contributed by atoms with van der Waals surface area (Å²) >= 11 is 0.580. The van der Waals surface area contributed by atoms with Crippen LogP contribution in [-0.4, -0.2) is 106 Å². The molecule has 0 spiro atoms. The second-order valence-corrected chi connectivity index (χ2v) is 28.7. The summed E-state index contributed by atoms with van der Waals surface area (Å²) in [5, 5.41) is 17.7. The van der Waals surface area contributed by atoms with Crippen LogP contribution in [0.1, 0.15) is 84.6 Å². The molecule has 2 aromatic heterocycles. The number of nitrogens with two attached hydrogens (primary N) is 1. The standard InChI is InChI=1S/C53H52N8O16S6/c1-7-60-40-19-16-35-37(23-33(80(66,67)68)25-42(35)82(72,73)74)46(40)52(3,4)44(60)21-14-30(15-22-45-53(5,6)47-38-24-34(81(69,70)71)26-43(83(75,76)77)36(38)17-20-41(47)61(45)8-2)39-18-13-32(28-55-39)48(62)56-27-29-9-11-31(12-10-29)49(63)57-50-58-59-51(78-50)79(54,64)65/h9-26,28,44H,7-8,27H2,1-6H3,(H,56,62)(H2,54,64,65)(H,57,58,63)(H,66,67,68)(H,69,70,71)(H,72,73,74)(H,75,76,77)/b21-14+,30-15?,45-22?. The minimum atomic E-state index is -5.02. The van der Waals surface area contributed by atoms with Crippen molar-refractivity contribution in [2.24, 2.45) is 5.14 Å². The fraction of sp³-hybridized carbons (Fsp3) is 0.226. The first-order chi connectivity index (χ1) is 38.5. The van der Waals surface area contributed by atoms with Crippen LogP contribution in [0, 0.1) is 0 Å². The Morgan fingerprint density at radius 2 is 1.24 bits per heavy atom. The monoisotopic (exact) mass is 1250 g/mol. The Balaban J connectivity index is 1.09. The molecule has 83 heavy (non-hydrogen) atoms. The predicted octanol–water partition coefficient (Wildman–Crippen LogP) is 6.88. The molecule has 8 N–H and O–H groups in total. The van der Waals surface area contributed by atoms with Gasteiger partial charge in [0.2, 0.25) is 9.47 Å². The molecule has 0 fully saturated rings. The van der Waals surface area contributed by atoms with E-state index >= 15 is 0 Å². The largest absolute Gasteiger partial charge is 0.364 e. The third-order valence-electron chi connectivity index (χ3n) is 14.5. The molecule has 436 valence electrons. The van der Waals surface area contributed by atoms with Crippen LogP contribution in [0.25, 0.3) is 27.1 Å². The maximum absolute atomic E-state index is 13.6. The number of carbonyl (C=O) groups is 2. The Labute approximate surface area is 481 Å². The summed E-state index contributed by atoms with van der Waals surface area (Å²) in [6.45, 7) is 11.9. The van der Waals surface area contributed by atoms with Crippen molar-refractivity contribution >= 4 is 117 Å². The number of allylic oxidation sites excluding steroid dienone is 5.